The molecular formula is C24H27FN2O5S. The van der Waals surface area contributed by atoms with E-state index in [0.717, 1.165) is 34.9 Å². The Hall–Kier alpha value is -3.14. The predicted molar refractivity (Wildman–Crippen MR) is 126 cm³/mol. The van der Waals surface area contributed by atoms with Crippen LogP contribution in [0.3, 0.4) is 0 Å². The van der Waals surface area contributed by atoms with Gasteiger partial charge in [-0.25, -0.2) is 12.8 Å². The smallest absolute Gasteiger partial charge is 0.229 e. The number of sulfonamides is 1. The minimum absolute atomic E-state index is 0.132. The Bertz CT molecular complexity index is 1120. The monoisotopic (exact) mass is 474 g/mol. The molecule has 3 rings (SSSR count). The van der Waals surface area contributed by atoms with E-state index in [4.69, 9.17) is 9.47 Å². The number of aliphatic hydroxyl groups excluding tert-OH is 1. The van der Waals surface area contributed by atoms with Crippen molar-refractivity contribution in [1.82, 2.24) is 5.32 Å². The molecule has 0 aliphatic carbocycles. The fraction of sp³-hybridized carbons (Fsp3) is 0.250. The maximum absolute atomic E-state index is 14.0. The fourth-order valence-electron chi connectivity index (χ4n) is 3.40. The van der Waals surface area contributed by atoms with Gasteiger partial charge in [-0.3, -0.25) is 4.72 Å². The first-order valence-corrected chi connectivity index (χ1v) is 12.1. The van der Waals surface area contributed by atoms with Gasteiger partial charge in [0, 0.05) is 6.54 Å². The van der Waals surface area contributed by atoms with Crippen LogP contribution in [0.5, 0.6) is 11.5 Å². The number of halogens is 1. The number of hydrogen-bond acceptors (Lipinski definition) is 6. The van der Waals surface area contributed by atoms with Crippen LogP contribution < -0.4 is 19.5 Å². The lowest BCUT2D eigenvalue weighted by Crippen LogP contribution is -2.27. The van der Waals surface area contributed by atoms with Crippen molar-refractivity contribution in [2.45, 2.75) is 12.1 Å². The average molecular weight is 475 g/mol. The highest BCUT2D eigenvalue weighted by atomic mass is 32.2. The van der Waals surface area contributed by atoms with Gasteiger partial charge in [0.2, 0.25) is 10.0 Å². The van der Waals surface area contributed by atoms with Crippen LogP contribution in [-0.2, 0) is 10.0 Å². The number of aliphatic hydroxyl groups is 1. The van der Waals surface area contributed by atoms with Gasteiger partial charge in [0.15, 0.2) is 0 Å². The second-order valence-electron chi connectivity index (χ2n) is 7.52. The third kappa shape index (κ3) is 6.67. The molecule has 0 heterocycles. The third-order valence-corrected chi connectivity index (χ3v) is 5.67. The van der Waals surface area contributed by atoms with Crippen LogP contribution in [0.1, 0.15) is 28.8 Å². The van der Waals surface area contributed by atoms with Gasteiger partial charge in [0.05, 0.1) is 38.3 Å². The number of ether oxygens (including phenoxy) is 2. The van der Waals surface area contributed by atoms with Crippen molar-refractivity contribution in [2.24, 2.45) is 0 Å². The first kappa shape index (κ1) is 24.5. The number of anilines is 1. The van der Waals surface area contributed by atoms with E-state index < -0.39 is 21.9 Å². The molecule has 0 amide bonds. The lowest BCUT2D eigenvalue weighted by Gasteiger charge is -2.23. The van der Waals surface area contributed by atoms with Gasteiger partial charge in [0.25, 0.3) is 0 Å². The Labute approximate surface area is 193 Å². The van der Waals surface area contributed by atoms with Crippen LogP contribution in [0, 0.1) is 5.82 Å². The molecular weight excluding hydrogens is 447 g/mol. The highest BCUT2D eigenvalue weighted by molar-refractivity contribution is 7.92. The fourth-order valence-corrected chi connectivity index (χ4v) is 3.95. The summed E-state index contributed by atoms with van der Waals surface area (Å²) in [5.41, 5.74) is 2.06. The van der Waals surface area contributed by atoms with Gasteiger partial charge >= 0.3 is 0 Å². The Balaban J connectivity index is 1.83. The van der Waals surface area contributed by atoms with Crippen molar-refractivity contribution in [3.05, 3.63) is 89.2 Å². The van der Waals surface area contributed by atoms with Crippen molar-refractivity contribution in [3.8, 4) is 11.5 Å². The van der Waals surface area contributed by atoms with Crippen molar-refractivity contribution in [3.63, 3.8) is 0 Å². The zero-order chi connectivity index (χ0) is 24.0. The molecule has 0 bridgehead atoms. The van der Waals surface area contributed by atoms with Crippen molar-refractivity contribution < 1.29 is 27.4 Å². The van der Waals surface area contributed by atoms with Crippen LogP contribution in [0.2, 0.25) is 0 Å². The molecule has 33 heavy (non-hydrogen) atoms. The maximum atomic E-state index is 14.0. The molecule has 176 valence electrons. The Morgan fingerprint density at radius 3 is 1.82 bits per heavy atom. The van der Waals surface area contributed by atoms with Crippen LogP contribution in [0.25, 0.3) is 0 Å². The SMILES string of the molecule is COc1ccc(C(NCC(O)c2ccc(F)c(NS(C)(=O)=O)c2)c2ccc(OC)cc2)cc1. The molecule has 0 aliphatic heterocycles. The molecule has 0 spiro atoms. The van der Waals surface area contributed by atoms with Gasteiger partial charge in [-0.1, -0.05) is 30.3 Å². The molecule has 0 radical (unpaired) electrons. The molecule has 3 aromatic rings. The van der Waals surface area contributed by atoms with Gasteiger partial charge in [-0.2, -0.15) is 0 Å². The number of nitrogens with one attached hydrogen (secondary N) is 2. The van der Waals surface area contributed by atoms with Gasteiger partial charge in [0.1, 0.15) is 17.3 Å². The quantitative estimate of drug-likeness (QED) is 0.415. The van der Waals surface area contributed by atoms with Crippen LogP contribution >= 0.6 is 0 Å². The van der Waals surface area contributed by atoms with Crippen molar-refractivity contribution in [1.29, 1.82) is 0 Å². The predicted octanol–water partition coefficient (Wildman–Crippen LogP) is 3.63. The molecule has 9 heteroatoms. The summed E-state index contributed by atoms with van der Waals surface area (Å²) in [7, 11) is -0.464. The lowest BCUT2D eigenvalue weighted by molar-refractivity contribution is 0.172. The molecule has 0 fully saturated rings. The molecule has 1 atom stereocenters. The summed E-state index contributed by atoms with van der Waals surface area (Å²) in [6.07, 6.45) is -0.0736. The molecule has 0 saturated heterocycles. The minimum Gasteiger partial charge on any atom is -0.497 e. The minimum atomic E-state index is -3.66. The number of rotatable bonds is 10. The normalized spacial score (nSPS) is 12.4. The van der Waals surface area contributed by atoms with E-state index in [1.54, 1.807) is 14.2 Å². The second-order valence-corrected chi connectivity index (χ2v) is 9.27. The highest BCUT2D eigenvalue weighted by Gasteiger charge is 2.18. The van der Waals surface area contributed by atoms with E-state index >= 15 is 0 Å². The topological polar surface area (TPSA) is 96.9 Å². The second kappa shape index (κ2) is 10.7. The summed E-state index contributed by atoms with van der Waals surface area (Å²) >= 11 is 0. The van der Waals surface area contributed by atoms with Crippen LogP contribution in [0.15, 0.2) is 66.7 Å². The Morgan fingerprint density at radius 1 is 0.879 bits per heavy atom. The molecule has 1 unspecified atom stereocenters. The van der Waals surface area contributed by atoms with Crippen LogP contribution in [-0.4, -0.2) is 40.5 Å². The average Bonchev–Trinajstić information content (AvgIpc) is 2.80. The van der Waals surface area contributed by atoms with E-state index in [1.165, 1.54) is 12.1 Å². The van der Waals surface area contributed by atoms with Gasteiger partial charge in [-0.15, -0.1) is 0 Å². The lowest BCUT2D eigenvalue weighted by atomic mass is 9.97. The number of hydrogen-bond donors (Lipinski definition) is 3. The number of methoxy groups -OCH3 is 2. The molecule has 0 aromatic heterocycles. The van der Waals surface area contributed by atoms with E-state index in [9.17, 15) is 17.9 Å². The van der Waals surface area contributed by atoms with Crippen molar-refractivity contribution in [2.75, 3.05) is 31.7 Å². The number of benzene rings is 3. The first-order valence-electron chi connectivity index (χ1n) is 10.2. The molecule has 0 aliphatic rings. The van der Waals surface area contributed by atoms with E-state index in [0.29, 0.717) is 5.56 Å². The molecule has 3 N–H and O–H groups in total. The molecule has 0 saturated carbocycles. The molecule has 3 aromatic carbocycles. The summed E-state index contributed by atoms with van der Waals surface area (Å²) in [6, 6.07) is 18.7. The Morgan fingerprint density at radius 2 is 1.36 bits per heavy atom. The largest absolute Gasteiger partial charge is 0.497 e. The summed E-state index contributed by atoms with van der Waals surface area (Å²) < 4.78 is 49.6. The zero-order valence-corrected chi connectivity index (χ0v) is 19.4. The van der Waals surface area contributed by atoms with E-state index in [1.807, 2.05) is 48.5 Å². The first-order chi connectivity index (χ1) is 15.7. The highest BCUT2D eigenvalue weighted by Crippen LogP contribution is 2.27. The zero-order valence-electron chi connectivity index (χ0n) is 18.6. The molecule has 7 nitrogen and oxygen atoms in total. The summed E-state index contributed by atoms with van der Waals surface area (Å²) in [4.78, 5) is 0. The van der Waals surface area contributed by atoms with E-state index in [-0.39, 0.29) is 18.3 Å². The Kier molecular flexibility index (Phi) is 7.91. The van der Waals surface area contributed by atoms with E-state index in [2.05, 4.69) is 10.0 Å². The summed E-state index contributed by atoms with van der Waals surface area (Å²) in [5.74, 6) is 0.729. The third-order valence-electron chi connectivity index (χ3n) is 5.08. The summed E-state index contributed by atoms with van der Waals surface area (Å²) in [6.45, 7) is 0.132. The van der Waals surface area contributed by atoms with Gasteiger partial charge < -0.3 is 19.9 Å². The van der Waals surface area contributed by atoms with Crippen molar-refractivity contribution >= 4 is 15.7 Å². The standard InChI is InChI=1S/C24H27FN2O5S/c1-31-19-9-4-16(5-10-19)24(17-6-11-20(32-2)12-7-17)26-15-23(28)18-8-13-21(25)22(14-18)27-33(3,29)30/h4-14,23-24,26-28H,15H2,1-3H3. The summed E-state index contributed by atoms with van der Waals surface area (Å²) in [5, 5.41) is 14.1. The van der Waals surface area contributed by atoms with Gasteiger partial charge in [-0.05, 0) is 53.1 Å². The van der Waals surface area contributed by atoms with Crippen LogP contribution in [0.4, 0.5) is 10.1 Å². The maximum Gasteiger partial charge on any atom is 0.229 e.